The summed E-state index contributed by atoms with van der Waals surface area (Å²) in [6.45, 7) is 0.883. The van der Waals surface area contributed by atoms with E-state index in [0.717, 1.165) is 44.1 Å². The average molecular weight is 364 g/mol. The van der Waals surface area contributed by atoms with Crippen LogP contribution in [0.5, 0.6) is 0 Å². The second-order valence-corrected chi connectivity index (χ2v) is 8.38. The van der Waals surface area contributed by atoms with Gasteiger partial charge in [-0.25, -0.2) is 13.6 Å². The fourth-order valence-corrected chi connectivity index (χ4v) is 5.22. The molecule has 0 unspecified atom stereocenters. The molecule has 0 bridgehead atoms. The molecule has 1 aromatic carbocycles. The van der Waals surface area contributed by atoms with Gasteiger partial charge in [-0.05, 0) is 49.5 Å². The second kappa shape index (κ2) is 6.19. The van der Waals surface area contributed by atoms with E-state index in [-0.39, 0.29) is 24.0 Å². The fourth-order valence-electron chi connectivity index (χ4n) is 5.22. The lowest BCUT2D eigenvalue weighted by Gasteiger charge is -2.57. The summed E-state index contributed by atoms with van der Waals surface area (Å²) < 4.78 is 27.2. The van der Waals surface area contributed by atoms with Crippen LogP contribution in [0.4, 0.5) is 13.6 Å². The van der Waals surface area contributed by atoms with Crippen LogP contribution in [-0.4, -0.2) is 53.1 Å². The van der Waals surface area contributed by atoms with Crippen LogP contribution in [0, 0.1) is 5.41 Å². The molecule has 1 amide bonds. The van der Waals surface area contributed by atoms with Crippen molar-refractivity contribution in [1.82, 2.24) is 9.80 Å². The van der Waals surface area contributed by atoms with Gasteiger partial charge >= 0.3 is 6.09 Å². The molecule has 1 aromatic rings. The van der Waals surface area contributed by atoms with E-state index in [2.05, 4.69) is 12.1 Å². The van der Waals surface area contributed by atoms with Gasteiger partial charge in [0.15, 0.2) is 0 Å². The van der Waals surface area contributed by atoms with E-state index < -0.39 is 12.0 Å². The van der Waals surface area contributed by atoms with Gasteiger partial charge in [-0.3, -0.25) is 4.90 Å². The van der Waals surface area contributed by atoms with Crippen LogP contribution in [0.3, 0.4) is 0 Å². The summed E-state index contributed by atoms with van der Waals surface area (Å²) in [7, 11) is 0. The summed E-state index contributed by atoms with van der Waals surface area (Å²) in [5, 5.41) is 9.17. The molecule has 4 nitrogen and oxygen atoms in total. The molecule has 0 radical (unpaired) electrons. The van der Waals surface area contributed by atoms with E-state index in [9.17, 15) is 13.6 Å². The Morgan fingerprint density at radius 3 is 2.00 bits per heavy atom. The van der Waals surface area contributed by atoms with Crippen LogP contribution in [0.2, 0.25) is 0 Å². The number of halogens is 2. The van der Waals surface area contributed by atoms with Crippen molar-refractivity contribution in [2.24, 2.45) is 5.41 Å². The highest BCUT2D eigenvalue weighted by atomic mass is 19.3. The van der Waals surface area contributed by atoms with Crippen LogP contribution in [-0.2, 0) is 5.54 Å². The third-order valence-electron chi connectivity index (χ3n) is 6.99. The molecule has 1 saturated carbocycles. The number of amides is 1. The van der Waals surface area contributed by atoms with Gasteiger partial charge in [0.2, 0.25) is 0 Å². The normalized spacial score (nSPS) is 27.1. The van der Waals surface area contributed by atoms with E-state index in [1.165, 1.54) is 4.90 Å². The van der Waals surface area contributed by atoms with E-state index in [0.29, 0.717) is 13.1 Å². The summed E-state index contributed by atoms with van der Waals surface area (Å²) in [5.41, 5.74) is 1.03. The Labute approximate surface area is 152 Å². The molecule has 3 fully saturated rings. The fraction of sp³-hybridized carbons (Fsp3) is 0.650. The van der Waals surface area contributed by atoms with Crippen LogP contribution in [0.25, 0.3) is 0 Å². The first-order valence-electron chi connectivity index (χ1n) is 9.51. The SMILES string of the molecule is O=C(O)N1CCC2(CC1)CCC(c1ccccc1)(N1CC(F)(F)C1)CC2. The van der Waals surface area contributed by atoms with Crippen molar-refractivity contribution in [2.75, 3.05) is 26.2 Å². The smallest absolute Gasteiger partial charge is 0.407 e. The van der Waals surface area contributed by atoms with Crippen molar-refractivity contribution in [3.8, 4) is 0 Å². The lowest BCUT2D eigenvalue weighted by Crippen LogP contribution is -2.65. The molecular weight excluding hydrogens is 338 g/mol. The number of hydrogen-bond acceptors (Lipinski definition) is 2. The van der Waals surface area contributed by atoms with Crippen LogP contribution < -0.4 is 0 Å². The number of hydrogen-bond donors (Lipinski definition) is 1. The topological polar surface area (TPSA) is 43.8 Å². The van der Waals surface area contributed by atoms with Crippen molar-refractivity contribution >= 4 is 6.09 Å². The summed E-state index contributed by atoms with van der Waals surface area (Å²) in [6, 6.07) is 10.1. The monoisotopic (exact) mass is 364 g/mol. The standard InChI is InChI=1S/C20H26F2N2O2/c21-20(22)14-24(15-20)19(16-4-2-1-3-5-16)8-6-18(7-9-19)10-12-23(13-11-18)17(25)26/h1-5H,6-15H2,(H,25,26). The minimum absolute atomic E-state index is 0.151. The average Bonchev–Trinajstić information content (AvgIpc) is 2.62. The van der Waals surface area contributed by atoms with Gasteiger partial charge < -0.3 is 10.0 Å². The van der Waals surface area contributed by atoms with Crippen LogP contribution in [0.1, 0.15) is 44.1 Å². The van der Waals surface area contributed by atoms with Crippen LogP contribution >= 0.6 is 0 Å². The zero-order valence-corrected chi connectivity index (χ0v) is 15.0. The minimum atomic E-state index is -2.57. The highest BCUT2D eigenvalue weighted by Gasteiger charge is 2.56. The number of alkyl halides is 2. The molecule has 1 aliphatic carbocycles. The van der Waals surface area contributed by atoms with Crippen molar-refractivity contribution < 1.29 is 18.7 Å². The van der Waals surface area contributed by atoms with Gasteiger partial charge in [0.1, 0.15) is 0 Å². The maximum absolute atomic E-state index is 13.6. The second-order valence-electron chi connectivity index (χ2n) is 8.38. The molecular formula is C20H26F2N2O2. The Kier molecular flexibility index (Phi) is 4.21. The van der Waals surface area contributed by atoms with Gasteiger partial charge in [0.25, 0.3) is 5.92 Å². The molecule has 0 atom stereocenters. The molecule has 1 N–H and O–H groups in total. The lowest BCUT2D eigenvalue weighted by molar-refractivity contribution is -0.186. The number of rotatable bonds is 2. The molecule has 2 heterocycles. The van der Waals surface area contributed by atoms with E-state index in [1.54, 1.807) is 0 Å². The van der Waals surface area contributed by atoms with Crippen molar-refractivity contribution in [3.05, 3.63) is 35.9 Å². The Balaban J connectivity index is 1.51. The molecule has 26 heavy (non-hydrogen) atoms. The van der Waals surface area contributed by atoms with Crippen molar-refractivity contribution in [2.45, 2.75) is 50.0 Å². The lowest BCUT2D eigenvalue weighted by atomic mass is 9.60. The Morgan fingerprint density at radius 1 is 0.923 bits per heavy atom. The Hall–Kier alpha value is -1.69. The molecule has 4 rings (SSSR count). The highest BCUT2D eigenvalue weighted by Crippen LogP contribution is 2.54. The molecule has 6 heteroatoms. The Bertz CT molecular complexity index is 654. The zero-order chi connectivity index (χ0) is 18.4. The molecule has 3 aliphatic rings. The number of likely N-dealkylation sites (tertiary alicyclic amines) is 2. The minimum Gasteiger partial charge on any atom is -0.465 e. The number of piperidine rings is 1. The number of benzene rings is 1. The largest absolute Gasteiger partial charge is 0.465 e. The first-order chi connectivity index (χ1) is 12.3. The summed E-state index contributed by atoms with van der Waals surface area (Å²) in [6.07, 6.45) is 4.66. The highest BCUT2D eigenvalue weighted by molar-refractivity contribution is 5.65. The van der Waals surface area contributed by atoms with Gasteiger partial charge in [0, 0.05) is 18.6 Å². The quantitative estimate of drug-likeness (QED) is 0.857. The van der Waals surface area contributed by atoms with Crippen LogP contribution in [0.15, 0.2) is 30.3 Å². The van der Waals surface area contributed by atoms with Crippen molar-refractivity contribution in [1.29, 1.82) is 0 Å². The van der Waals surface area contributed by atoms with E-state index in [4.69, 9.17) is 5.11 Å². The van der Waals surface area contributed by atoms with Gasteiger partial charge in [-0.2, -0.15) is 0 Å². The molecule has 1 spiro atoms. The molecule has 2 aliphatic heterocycles. The summed E-state index contributed by atoms with van der Waals surface area (Å²) >= 11 is 0. The summed E-state index contributed by atoms with van der Waals surface area (Å²) in [5.74, 6) is -2.57. The van der Waals surface area contributed by atoms with Gasteiger partial charge in [0.05, 0.1) is 13.1 Å². The third kappa shape index (κ3) is 2.98. The first kappa shape index (κ1) is 17.7. The predicted octanol–water partition coefficient (Wildman–Crippen LogP) is 4.17. The van der Waals surface area contributed by atoms with E-state index in [1.807, 2.05) is 23.1 Å². The molecule has 142 valence electrons. The molecule has 2 saturated heterocycles. The maximum atomic E-state index is 13.6. The predicted molar refractivity (Wildman–Crippen MR) is 94.4 cm³/mol. The summed E-state index contributed by atoms with van der Waals surface area (Å²) in [4.78, 5) is 14.6. The maximum Gasteiger partial charge on any atom is 0.407 e. The van der Waals surface area contributed by atoms with E-state index >= 15 is 0 Å². The third-order valence-corrected chi connectivity index (χ3v) is 6.99. The van der Waals surface area contributed by atoms with Crippen molar-refractivity contribution in [3.63, 3.8) is 0 Å². The van der Waals surface area contributed by atoms with Gasteiger partial charge in [-0.15, -0.1) is 0 Å². The first-order valence-corrected chi connectivity index (χ1v) is 9.51. The number of carbonyl (C=O) groups is 1. The Morgan fingerprint density at radius 2 is 1.50 bits per heavy atom. The number of nitrogens with zero attached hydrogens (tertiary/aromatic N) is 2. The molecule has 0 aromatic heterocycles. The zero-order valence-electron chi connectivity index (χ0n) is 15.0. The number of carboxylic acid groups (broad SMARTS) is 1. The van der Waals surface area contributed by atoms with Gasteiger partial charge in [-0.1, -0.05) is 30.3 Å².